The molecule has 0 saturated heterocycles. The van der Waals surface area contributed by atoms with Crippen LogP contribution in [-0.4, -0.2) is 18.7 Å². The maximum Gasteiger partial charge on any atom is 0.126 e. The summed E-state index contributed by atoms with van der Waals surface area (Å²) in [5.74, 6) is -1.74. The van der Waals surface area contributed by atoms with Crippen LogP contribution in [0.4, 0.5) is 18.9 Å². The average molecular weight is 295 g/mol. The number of nitrogens with zero attached hydrogens (tertiary/aromatic N) is 1. The average Bonchev–Trinajstić information content (AvgIpc) is 2.44. The van der Waals surface area contributed by atoms with E-state index in [-0.39, 0.29) is 11.4 Å². The highest BCUT2D eigenvalue weighted by atomic mass is 19.1. The largest absolute Gasteiger partial charge is 0.388 e. The lowest BCUT2D eigenvalue weighted by molar-refractivity contribution is 0.169. The predicted molar refractivity (Wildman–Crippen MR) is 75.6 cm³/mol. The van der Waals surface area contributed by atoms with E-state index in [2.05, 4.69) is 0 Å². The maximum absolute atomic E-state index is 13.1. The van der Waals surface area contributed by atoms with Gasteiger partial charge >= 0.3 is 0 Å². The summed E-state index contributed by atoms with van der Waals surface area (Å²) in [5.41, 5.74) is 1.01. The third kappa shape index (κ3) is 4.23. The third-order valence-electron chi connectivity index (χ3n) is 3.28. The van der Waals surface area contributed by atoms with Gasteiger partial charge in [-0.25, -0.2) is 13.2 Å². The number of rotatable bonds is 5. The van der Waals surface area contributed by atoms with Crippen LogP contribution >= 0.6 is 0 Å². The lowest BCUT2D eigenvalue weighted by Crippen LogP contribution is -2.20. The van der Waals surface area contributed by atoms with Crippen molar-refractivity contribution in [3.05, 3.63) is 65.5 Å². The van der Waals surface area contributed by atoms with Gasteiger partial charge in [0, 0.05) is 25.3 Å². The summed E-state index contributed by atoms with van der Waals surface area (Å²) in [5, 5.41) is 9.99. The molecule has 0 aromatic heterocycles. The Morgan fingerprint density at radius 2 is 1.52 bits per heavy atom. The first-order valence-electron chi connectivity index (χ1n) is 6.56. The Morgan fingerprint density at radius 1 is 0.952 bits per heavy atom. The molecule has 0 aliphatic heterocycles. The summed E-state index contributed by atoms with van der Waals surface area (Å²) in [4.78, 5) is 1.83. The number of benzene rings is 2. The zero-order valence-electron chi connectivity index (χ0n) is 11.6. The van der Waals surface area contributed by atoms with Gasteiger partial charge in [-0.2, -0.15) is 0 Å². The van der Waals surface area contributed by atoms with Gasteiger partial charge in [0.1, 0.15) is 17.5 Å². The van der Waals surface area contributed by atoms with Crippen molar-refractivity contribution < 1.29 is 18.3 Å². The normalized spacial score (nSPS) is 12.2. The molecule has 0 spiro atoms. The highest BCUT2D eigenvalue weighted by Gasteiger charge is 2.12. The third-order valence-corrected chi connectivity index (χ3v) is 3.28. The van der Waals surface area contributed by atoms with Crippen molar-refractivity contribution >= 4 is 5.69 Å². The first-order valence-corrected chi connectivity index (χ1v) is 6.56. The fourth-order valence-electron chi connectivity index (χ4n) is 2.07. The quantitative estimate of drug-likeness (QED) is 0.910. The van der Waals surface area contributed by atoms with E-state index in [0.29, 0.717) is 13.0 Å². The second-order valence-electron chi connectivity index (χ2n) is 4.91. The zero-order valence-corrected chi connectivity index (χ0v) is 11.6. The molecule has 2 nitrogen and oxygen atoms in total. The van der Waals surface area contributed by atoms with Gasteiger partial charge in [0.05, 0.1) is 6.10 Å². The Labute approximate surface area is 121 Å². The second kappa shape index (κ2) is 6.63. The van der Waals surface area contributed by atoms with Crippen LogP contribution in [0.25, 0.3) is 0 Å². The Hall–Kier alpha value is -2.01. The van der Waals surface area contributed by atoms with E-state index >= 15 is 0 Å². The molecule has 5 heteroatoms. The lowest BCUT2D eigenvalue weighted by Gasteiger charge is -2.21. The van der Waals surface area contributed by atoms with Gasteiger partial charge in [-0.1, -0.05) is 0 Å². The van der Waals surface area contributed by atoms with E-state index in [0.717, 1.165) is 23.9 Å². The number of aliphatic hydroxyl groups is 1. The zero-order chi connectivity index (χ0) is 15.4. The molecule has 0 aliphatic rings. The minimum Gasteiger partial charge on any atom is -0.388 e. The summed E-state index contributed by atoms with van der Waals surface area (Å²) in [6.07, 6.45) is -0.658. The highest BCUT2D eigenvalue weighted by Crippen LogP contribution is 2.21. The summed E-state index contributed by atoms with van der Waals surface area (Å²) in [7, 11) is 1.80. The van der Waals surface area contributed by atoms with Crippen LogP contribution in [0.2, 0.25) is 0 Å². The summed E-state index contributed by atoms with van der Waals surface area (Å²) in [6, 6.07) is 8.96. The summed E-state index contributed by atoms with van der Waals surface area (Å²) < 4.78 is 39.0. The second-order valence-corrected chi connectivity index (χ2v) is 4.91. The van der Waals surface area contributed by atoms with E-state index in [1.807, 2.05) is 4.90 Å². The molecule has 0 saturated carbocycles. The Bertz CT molecular complexity index is 581. The van der Waals surface area contributed by atoms with Gasteiger partial charge < -0.3 is 10.0 Å². The number of hydrogen-bond acceptors (Lipinski definition) is 2. The van der Waals surface area contributed by atoms with E-state index < -0.39 is 17.7 Å². The molecule has 1 unspecified atom stereocenters. The van der Waals surface area contributed by atoms with Crippen molar-refractivity contribution in [3.8, 4) is 0 Å². The van der Waals surface area contributed by atoms with Gasteiger partial charge in [0.2, 0.25) is 0 Å². The number of halogens is 3. The van der Waals surface area contributed by atoms with Crippen LogP contribution in [-0.2, 0) is 0 Å². The van der Waals surface area contributed by atoms with Gasteiger partial charge in [0.25, 0.3) is 0 Å². The summed E-state index contributed by atoms with van der Waals surface area (Å²) >= 11 is 0. The van der Waals surface area contributed by atoms with Crippen LogP contribution in [0, 0.1) is 17.5 Å². The van der Waals surface area contributed by atoms with Crippen molar-refractivity contribution in [2.24, 2.45) is 0 Å². The topological polar surface area (TPSA) is 23.5 Å². The van der Waals surface area contributed by atoms with Crippen molar-refractivity contribution in [1.82, 2.24) is 0 Å². The Morgan fingerprint density at radius 3 is 2.10 bits per heavy atom. The van der Waals surface area contributed by atoms with E-state index in [1.165, 1.54) is 12.1 Å². The monoisotopic (exact) mass is 295 g/mol. The fraction of sp³-hybridized carbons (Fsp3) is 0.250. The van der Waals surface area contributed by atoms with Crippen LogP contribution in [0.15, 0.2) is 42.5 Å². The van der Waals surface area contributed by atoms with Crippen molar-refractivity contribution in [2.75, 3.05) is 18.5 Å². The van der Waals surface area contributed by atoms with E-state index in [1.54, 1.807) is 19.2 Å². The first kappa shape index (κ1) is 15.4. The standard InChI is InChI=1S/C16H16F3NO/c1-20(15-4-2-12(17)3-5-15)7-6-16(21)11-8-13(18)10-14(19)9-11/h2-5,8-10,16,21H,6-7H2,1H3. The number of anilines is 1. The Balaban J connectivity index is 1.97. The summed E-state index contributed by atoms with van der Waals surface area (Å²) in [6.45, 7) is 0.463. The maximum atomic E-state index is 13.1. The highest BCUT2D eigenvalue weighted by molar-refractivity contribution is 5.45. The molecular weight excluding hydrogens is 279 g/mol. The smallest absolute Gasteiger partial charge is 0.126 e. The van der Waals surface area contributed by atoms with Crippen LogP contribution < -0.4 is 4.90 Å². The molecule has 2 rings (SSSR count). The molecule has 1 atom stereocenters. The lowest BCUT2D eigenvalue weighted by atomic mass is 10.1. The van der Waals surface area contributed by atoms with Crippen LogP contribution in [0.5, 0.6) is 0 Å². The van der Waals surface area contributed by atoms with Gasteiger partial charge in [0.15, 0.2) is 0 Å². The van der Waals surface area contributed by atoms with Crippen molar-refractivity contribution in [2.45, 2.75) is 12.5 Å². The molecule has 112 valence electrons. The SMILES string of the molecule is CN(CCC(O)c1cc(F)cc(F)c1)c1ccc(F)cc1. The van der Waals surface area contributed by atoms with E-state index in [4.69, 9.17) is 0 Å². The van der Waals surface area contributed by atoms with E-state index in [9.17, 15) is 18.3 Å². The first-order chi connectivity index (χ1) is 9.95. The minimum atomic E-state index is -0.960. The van der Waals surface area contributed by atoms with Gasteiger partial charge in [-0.05, 0) is 48.4 Å². The predicted octanol–water partition coefficient (Wildman–Crippen LogP) is 3.66. The molecule has 21 heavy (non-hydrogen) atoms. The number of aliphatic hydroxyl groups excluding tert-OH is 1. The van der Waals surface area contributed by atoms with Gasteiger partial charge in [-0.15, -0.1) is 0 Å². The van der Waals surface area contributed by atoms with Gasteiger partial charge in [-0.3, -0.25) is 0 Å². The minimum absolute atomic E-state index is 0.208. The molecule has 0 radical (unpaired) electrons. The molecule has 2 aromatic carbocycles. The molecule has 0 bridgehead atoms. The molecule has 0 amide bonds. The molecule has 0 fully saturated rings. The van der Waals surface area contributed by atoms with Crippen LogP contribution in [0.3, 0.4) is 0 Å². The van der Waals surface area contributed by atoms with Crippen LogP contribution in [0.1, 0.15) is 18.1 Å². The molecule has 1 N–H and O–H groups in total. The Kier molecular flexibility index (Phi) is 4.85. The molecule has 2 aromatic rings. The van der Waals surface area contributed by atoms with Crippen molar-refractivity contribution in [1.29, 1.82) is 0 Å². The molecular formula is C16H16F3NO. The fourth-order valence-corrected chi connectivity index (χ4v) is 2.07. The van der Waals surface area contributed by atoms with Crippen molar-refractivity contribution in [3.63, 3.8) is 0 Å². The molecule has 0 aliphatic carbocycles. The molecule has 0 heterocycles. The number of hydrogen-bond donors (Lipinski definition) is 1.